The van der Waals surface area contributed by atoms with Gasteiger partial charge in [0.25, 0.3) is 11.6 Å². The van der Waals surface area contributed by atoms with Crippen molar-refractivity contribution in [3.8, 4) is 0 Å². The summed E-state index contributed by atoms with van der Waals surface area (Å²) in [7, 11) is -4.16. The van der Waals surface area contributed by atoms with E-state index in [2.05, 4.69) is 5.32 Å². The Hall–Kier alpha value is -1.75. The fourth-order valence-corrected chi connectivity index (χ4v) is 4.38. The van der Waals surface area contributed by atoms with Gasteiger partial charge in [-0.3, -0.25) is 14.9 Å². The first-order valence-corrected chi connectivity index (χ1v) is 9.99. The van der Waals surface area contributed by atoms with Gasteiger partial charge in [0.05, 0.1) is 15.4 Å². The molecule has 3 N–H and O–H groups in total. The molecular weight excluding hydrogens is 396 g/mol. The fraction of sp³-hybridized carbons (Fsp3) is 0.562. The number of likely N-dealkylation sites (tertiary alicyclic amines) is 1. The number of nitro groups is 1. The van der Waals surface area contributed by atoms with Crippen LogP contribution in [0.1, 0.15) is 35.2 Å². The standard InChI is InChI=1S/C16H22N4O5S.ClH/c1-11-13(8-12(26(17,24)25)9-14(11)20(22)23)15(21)19-6-3-16(4-7-19)2-5-18-10-16;/h8-9,18H,2-7,10H2,1H3,(H2,17,24,25);1H. The van der Waals surface area contributed by atoms with E-state index in [-0.39, 0.29) is 28.9 Å². The van der Waals surface area contributed by atoms with Gasteiger partial charge in [-0.15, -0.1) is 12.4 Å². The van der Waals surface area contributed by atoms with E-state index in [1.807, 2.05) is 0 Å². The summed E-state index contributed by atoms with van der Waals surface area (Å²) in [5.74, 6) is -0.392. The number of primary sulfonamides is 1. The summed E-state index contributed by atoms with van der Waals surface area (Å²) in [5, 5.41) is 19.7. The molecule has 0 aliphatic carbocycles. The first-order valence-electron chi connectivity index (χ1n) is 8.45. The maximum absolute atomic E-state index is 12.9. The van der Waals surface area contributed by atoms with Crippen LogP contribution in [0.3, 0.4) is 0 Å². The maximum Gasteiger partial charge on any atom is 0.274 e. The molecule has 0 aromatic heterocycles. The van der Waals surface area contributed by atoms with Crippen molar-refractivity contribution in [1.29, 1.82) is 0 Å². The maximum atomic E-state index is 12.9. The molecule has 2 saturated heterocycles. The zero-order chi connectivity index (χ0) is 19.1. The summed E-state index contributed by atoms with van der Waals surface area (Å²) in [6.45, 7) is 4.47. The SMILES string of the molecule is Cc1c(C(=O)N2CCC3(CCNC3)CC2)cc(S(N)(=O)=O)cc1[N+](=O)[O-].Cl. The number of nitro benzene ring substituents is 1. The summed E-state index contributed by atoms with van der Waals surface area (Å²) in [5.41, 5.74) is -0.0347. The zero-order valence-corrected chi connectivity index (χ0v) is 16.6. The summed E-state index contributed by atoms with van der Waals surface area (Å²) in [6, 6.07) is 2.04. The van der Waals surface area contributed by atoms with Crippen LogP contribution in [-0.2, 0) is 10.0 Å². The van der Waals surface area contributed by atoms with Gasteiger partial charge in [-0.2, -0.15) is 0 Å². The molecule has 1 aromatic rings. The third-order valence-electron chi connectivity index (χ3n) is 5.55. The summed E-state index contributed by atoms with van der Waals surface area (Å²) >= 11 is 0. The number of hydrogen-bond acceptors (Lipinski definition) is 6. The molecule has 0 saturated carbocycles. The van der Waals surface area contributed by atoms with Crippen LogP contribution in [-0.4, -0.2) is 50.3 Å². The van der Waals surface area contributed by atoms with Crippen LogP contribution < -0.4 is 10.5 Å². The molecule has 11 heteroatoms. The van der Waals surface area contributed by atoms with Crippen LogP contribution in [0.5, 0.6) is 0 Å². The van der Waals surface area contributed by atoms with E-state index in [0.29, 0.717) is 13.1 Å². The highest BCUT2D eigenvalue weighted by Crippen LogP contribution is 2.37. The molecular formula is C16H23ClN4O5S. The van der Waals surface area contributed by atoms with Crippen molar-refractivity contribution in [2.75, 3.05) is 26.2 Å². The van der Waals surface area contributed by atoms with E-state index in [4.69, 9.17) is 5.14 Å². The summed E-state index contributed by atoms with van der Waals surface area (Å²) < 4.78 is 23.3. The van der Waals surface area contributed by atoms with Crippen LogP contribution in [0.2, 0.25) is 0 Å². The smallest absolute Gasteiger partial charge is 0.274 e. The van der Waals surface area contributed by atoms with Crippen LogP contribution >= 0.6 is 12.4 Å². The highest BCUT2D eigenvalue weighted by atomic mass is 35.5. The topological polar surface area (TPSA) is 136 Å². The van der Waals surface area contributed by atoms with Gasteiger partial charge in [-0.05, 0) is 44.2 Å². The number of hydrogen-bond donors (Lipinski definition) is 2. The molecule has 2 heterocycles. The van der Waals surface area contributed by atoms with Crippen molar-refractivity contribution in [3.63, 3.8) is 0 Å². The van der Waals surface area contributed by atoms with Gasteiger partial charge in [0, 0.05) is 31.3 Å². The van der Waals surface area contributed by atoms with Gasteiger partial charge in [0.15, 0.2) is 0 Å². The molecule has 2 aliphatic heterocycles. The highest BCUT2D eigenvalue weighted by molar-refractivity contribution is 7.89. The minimum absolute atomic E-state index is 0. The molecule has 1 amide bonds. The Bertz CT molecular complexity index is 858. The van der Waals surface area contributed by atoms with Crippen molar-refractivity contribution in [3.05, 3.63) is 33.4 Å². The van der Waals surface area contributed by atoms with E-state index in [0.717, 1.165) is 44.5 Å². The molecule has 1 spiro atoms. The van der Waals surface area contributed by atoms with Crippen molar-refractivity contribution >= 4 is 34.0 Å². The first kappa shape index (κ1) is 21.5. The first-order chi connectivity index (χ1) is 12.1. The monoisotopic (exact) mass is 418 g/mol. The average Bonchev–Trinajstić information content (AvgIpc) is 3.02. The van der Waals surface area contributed by atoms with Crippen molar-refractivity contribution < 1.29 is 18.1 Å². The molecule has 0 unspecified atom stereocenters. The lowest BCUT2D eigenvalue weighted by atomic mass is 9.77. The number of rotatable bonds is 3. The number of halogens is 1. The Kier molecular flexibility index (Phi) is 6.15. The van der Waals surface area contributed by atoms with E-state index in [1.54, 1.807) is 4.90 Å². The Morgan fingerprint density at radius 3 is 2.41 bits per heavy atom. The van der Waals surface area contributed by atoms with Gasteiger partial charge < -0.3 is 10.2 Å². The average molecular weight is 419 g/mol. The molecule has 0 radical (unpaired) electrons. The minimum atomic E-state index is -4.16. The van der Waals surface area contributed by atoms with Crippen LogP contribution in [0.25, 0.3) is 0 Å². The number of nitrogens with two attached hydrogens (primary N) is 1. The quantitative estimate of drug-likeness (QED) is 0.559. The fourth-order valence-electron chi connectivity index (χ4n) is 3.83. The second-order valence-corrected chi connectivity index (χ2v) is 8.70. The second-order valence-electron chi connectivity index (χ2n) is 7.14. The van der Waals surface area contributed by atoms with Gasteiger partial charge in [0.2, 0.25) is 10.0 Å². The number of benzene rings is 1. The Morgan fingerprint density at radius 1 is 1.30 bits per heavy atom. The van der Waals surface area contributed by atoms with Crippen LogP contribution in [0.15, 0.2) is 17.0 Å². The van der Waals surface area contributed by atoms with E-state index in [1.165, 1.54) is 6.92 Å². The molecule has 0 atom stereocenters. The Morgan fingerprint density at radius 2 is 1.93 bits per heavy atom. The largest absolute Gasteiger partial charge is 0.339 e. The number of nitrogens with zero attached hydrogens (tertiary/aromatic N) is 2. The zero-order valence-electron chi connectivity index (χ0n) is 14.9. The summed E-state index contributed by atoms with van der Waals surface area (Å²) in [4.78, 5) is 24.7. The Balaban J connectivity index is 0.00000261. The van der Waals surface area contributed by atoms with E-state index < -0.39 is 31.4 Å². The molecule has 0 bridgehead atoms. The van der Waals surface area contributed by atoms with Gasteiger partial charge in [-0.25, -0.2) is 13.6 Å². The number of carbonyl (C=O) groups excluding carboxylic acids is 1. The van der Waals surface area contributed by atoms with Gasteiger partial charge in [0.1, 0.15) is 0 Å². The molecule has 9 nitrogen and oxygen atoms in total. The third-order valence-corrected chi connectivity index (χ3v) is 6.45. The summed E-state index contributed by atoms with van der Waals surface area (Å²) in [6.07, 6.45) is 2.81. The molecule has 150 valence electrons. The third kappa shape index (κ3) is 4.23. The lowest BCUT2D eigenvalue weighted by molar-refractivity contribution is -0.385. The van der Waals surface area contributed by atoms with Crippen molar-refractivity contribution in [1.82, 2.24) is 10.2 Å². The number of carbonyl (C=O) groups is 1. The van der Waals surface area contributed by atoms with Gasteiger partial charge >= 0.3 is 0 Å². The highest BCUT2D eigenvalue weighted by Gasteiger charge is 2.38. The van der Waals surface area contributed by atoms with Crippen molar-refractivity contribution in [2.24, 2.45) is 10.6 Å². The molecule has 3 rings (SSSR count). The number of sulfonamides is 1. The predicted octanol–water partition coefficient (Wildman–Crippen LogP) is 1.19. The normalized spacial score (nSPS) is 19.0. The van der Waals surface area contributed by atoms with E-state index in [9.17, 15) is 23.3 Å². The van der Waals surface area contributed by atoms with Crippen LogP contribution in [0, 0.1) is 22.5 Å². The van der Waals surface area contributed by atoms with Crippen molar-refractivity contribution in [2.45, 2.75) is 31.1 Å². The van der Waals surface area contributed by atoms with Gasteiger partial charge in [-0.1, -0.05) is 0 Å². The lowest BCUT2D eigenvalue weighted by Crippen LogP contribution is -2.44. The number of nitrogens with one attached hydrogen (secondary N) is 1. The molecule has 2 aliphatic rings. The van der Waals surface area contributed by atoms with Crippen LogP contribution in [0.4, 0.5) is 5.69 Å². The second kappa shape index (κ2) is 7.70. The number of amides is 1. The molecule has 27 heavy (non-hydrogen) atoms. The molecule has 1 aromatic carbocycles. The minimum Gasteiger partial charge on any atom is -0.339 e. The lowest BCUT2D eigenvalue weighted by Gasteiger charge is -2.39. The predicted molar refractivity (Wildman–Crippen MR) is 102 cm³/mol. The number of piperidine rings is 1. The Labute approximate surface area is 163 Å². The molecule has 2 fully saturated rings. The van der Waals surface area contributed by atoms with E-state index >= 15 is 0 Å².